The Bertz CT molecular complexity index is 1080. The molecule has 9 heteroatoms. The van der Waals surface area contributed by atoms with Gasteiger partial charge in [-0.05, 0) is 55.9 Å². The number of hydrogen-bond acceptors (Lipinski definition) is 5. The monoisotopic (exact) mass is 415 g/mol. The van der Waals surface area contributed by atoms with Crippen molar-refractivity contribution in [2.24, 2.45) is 0 Å². The Labute approximate surface area is 169 Å². The van der Waals surface area contributed by atoms with Gasteiger partial charge in [0.1, 0.15) is 0 Å². The average Bonchev–Trinajstić information content (AvgIpc) is 2.96. The molecule has 1 aliphatic rings. The number of nitrogens with zero attached hydrogens (tertiary/aromatic N) is 1. The highest BCUT2D eigenvalue weighted by atomic mass is 32.2. The topological polar surface area (TPSA) is 113 Å². The van der Waals surface area contributed by atoms with E-state index in [1.165, 1.54) is 54.4 Å². The van der Waals surface area contributed by atoms with Crippen molar-refractivity contribution >= 4 is 33.4 Å². The molecular formula is C20H21N3O5S. The minimum Gasteiger partial charge on any atom is -0.322 e. The van der Waals surface area contributed by atoms with E-state index in [9.17, 15) is 22.8 Å². The highest BCUT2D eigenvalue weighted by Crippen LogP contribution is 2.25. The summed E-state index contributed by atoms with van der Waals surface area (Å²) in [6, 6.07) is 10.1. The normalized spacial score (nSPS) is 13.5. The van der Waals surface area contributed by atoms with Gasteiger partial charge in [-0.3, -0.25) is 19.3 Å². The Kier molecular flexibility index (Phi) is 5.81. The summed E-state index contributed by atoms with van der Waals surface area (Å²) in [5, 5.41) is 2.65. The first-order valence-corrected chi connectivity index (χ1v) is 10.6. The molecule has 1 heterocycles. The van der Waals surface area contributed by atoms with E-state index >= 15 is 0 Å². The minimum atomic E-state index is -3.56. The fourth-order valence-corrected chi connectivity index (χ4v) is 3.72. The van der Waals surface area contributed by atoms with Gasteiger partial charge in [-0.1, -0.05) is 13.3 Å². The number of anilines is 1. The van der Waals surface area contributed by atoms with Gasteiger partial charge >= 0.3 is 0 Å². The molecule has 2 aromatic carbocycles. The van der Waals surface area contributed by atoms with E-state index in [2.05, 4.69) is 10.0 Å². The number of hydrogen-bond donors (Lipinski definition) is 2. The van der Waals surface area contributed by atoms with Crippen LogP contribution in [-0.2, 0) is 10.0 Å². The number of imide groups is 1. The fraction of sp³-hybridized carbons (Fsp3) is 0.250. The molecule has 0 aromatic heterocycles. The first-order valence-electron chi connectivity index (χ1n) is 9.13. The number of amides is 3. The first-order chi connectivity index (χ1) is 13.8. The molecule has 0 atom stereocenters. The van der Waals surface area contributed by atoms with Crippen LogP contribution in [0.3, 0.4) is 0 Å². The zero-order valence-electron chi connectivity index (χ0n) is 16.1. The minimum absolute atomic E-state index is 0.0757. The highest BCUT2D eigenvalue weighted by molar-refractivity contribution is 7.89. The van der Waals surface area contributed by atoms with Crippen LogP contribution in [0.15, 0.2) is 47.4 Å². The molecule has 3 rings (SSSR count). The van der Waals surface area contributed by atoms with E-state index in [-0.39, 0.29) is 21.9 Å². The van der Waals surface area contributed by atoms with Gasteiger partial charge in [0, 0.05) is 17.8 Å². The zero-order valence-corrected chi connectivity index (χ0v) is 16.9. The van der Waals surface area contributed by atoms with Crippen molar-refractivity contribution in [3.8, 4) is 0 Å². The maximum atomic E-state index is 12.5. The van der Waals surface area contributed by atoms with Crippen LogP contribution < -0.4 is 10.0 Å². The number of benzene rings is 2. The van der Waals surface area contributed by atoms with Crippen molar-refractivity contribution in [1.29, 1.82) is 0 Å². The van der Waals surface area contributed by atoms with Crippen LogP contribution in [0, 0.1) is 0 Å². The number of rotatable bonds is 7. The van der Waals surface area contributed by atoms with E-state index in [1.807, 2.05) is 6.92 Å². The molecule has 0 aliphatic carbocycles. The fourth-order valence-electron chi connectivity index (χ4n) is 2.99. The largest absolute Gasteiger partial charge is 0.322 e. The number of fused-ring (bicyclic) bond motifs is 1. The lowest BCUT2D eigenvalue weighted by Gasteiger charge is -2.12. The molecule has 0 spiro atoms. The van der Waals surface area contributed by atoms with Gasteiger partial charge in [-0.15, -0.1) is 0 Å². The van der Waals surface area contributed by atoms with Crippen LogP contribution in [0.1, 0.15) is 50.8 Å². The van der Waals surface area contributed by atoms with Gasteiger partial charge in [0.15, 0.2) is 0 Å². The summed E-state index contributed by atoms with van der Waals surface area (Å²) in [6.45, 7) is 2.33. The molecule has 1 aliphatic heterocycles. The van der Waals surface area contributed by atoms with Crippen LogP contribution in [0.4, 0.5) is 5.69 Å². The molecule has 0 saturated carbocycles. The number of sulfonamides is 1. The molecule has 8 nitrogen and oxygen atoms in total. The smallest absolute Gasteiger partial charge is 0.261 e. The Morgan fingerprint density at radius 3 is 2.28 bits per heavy atom. The molecule has 0 saturated heterocycles. The van der Waals surface area contributed by atoms with E-state index in [4.69, 9.17) is 0 Å². The first kappa shape index (κ1) is 20.7. The molecular weight excluding hydrogens is 394 g/mol. The Morgan fingerprint density at radius 2 is 1.66 bits per heavy atom. The van der Waals surface area contributed by atoms with Gasteiger partial charge in [0.2, 0.25) is 10.0 Å². The second-order valence-electron chi connectivity index (χ2n) is 6.56. The van der Waals surface area contributed by atoms with Crippen molar-refractivity contribution in [1.82, 2.24) is 9.62 Å². The molecule has 0 bridgehead atoms. The summed E-state index contributed by atoms with van der Waals surface area (Å²) in [5.74, 6) is -1.20. The third kappa shape index (κ3) is 4.06. The quantitative estimate of drug-likeness (QED) is 0.674. The molecule has 0 fully saturated rings. The number of carbonyl (C=O) groups excluding carboxylic acids is 3. The maximum Gasteiger partial charge on any atom is 0.261 e. The van der Waals surface area contributed by atoms with Gasteiger partial charge in [-0.2, -0.15) is 0 Å². The lowest BCUT2D eigenvalue weighted by atomic mass is 10.1. The predicted molar refractivity (Wildman–Crippen MR) is 107 cm³/mol. The van der Waals surface area contributed by atoms with Crippen molar-refractivity contribution in [3.63, 3.8) is 0 Å². The highest BCUT2D eigenvalue weighted by Gasteiger charge is 2.35. The van der Waals surface area contributed by atoms with Crippen LogP contribution in [0.5, 0.6) is 0 Å². The lowest BCUT2D eigenvalue weighted by Crippen LogP contribution is -2.30. The SMILES string of the molecule is CCCCN1C(=O)c2ccc(C(=O)Nc3ccc(S(=O)(=O)NC)cc3)cc2C1=O. The Balaban J connectivity index is 1.78. The van der Waals surface area contributed by atoms with Crippen molar-refractivity contribution < 1.29 is 22.8 Å². The predicted octanol–water partition coefficient (Wildman–Crippen LogP) is 2.24. The summed E-state index contributed by atoms with van der Waals surface area (Å²) in [5.41, 5.74) is 1.14. The molecule has 0 unspecified atom stereocenters. The molecule has 3 amide bonds. The van der Waals surface area contributed by atoms with E-state index in [1.54, 1.807) is 0 Å². The van der Waals surface area contributed by atoms with Crippen molar-refractivity contribution in [2.45, 2.75) is 24.7 Å². The van der Waals surface area contributed by atoms with E-state index in [0.717, 1.165) is 12.8 Å². The maximum absolute atomic E-state index is 12.5. The van der Waals surface area contributed by atoms with Crippen molar-refractivity contribution in [2.75, 3.05) is 18.9 Å². The standard InChI is InChI=1S/C20H21N3O5S/c1-3-4-11-23-19(25)16-10-5-13(12-17(16)20(23)26)18(24)22-14-6-8-15(9-7-14)29(27,28)21-2/h5-10,12,21H,3-4,11H2,1-2H3,(H,22,24). The molecule has 2 N–H and O–H groups in total. The number of nitrogens with one attached hydrogen (secondary N) is 2. The van der Waals surface area contributed by atoms with Crippen LogP contribution in [0.25, 0.3) is 0 Å². The summed E-state index contributed by atoms with van der Waals surface area (Å²) in [7, 11) is -2.25. The Hall–Kier alpha value is -3.04. The number of carbonyl (C=O) groups is 3. The zero-order chi connectivity index (χ0) is 21.2. The third-order valence-corrected chi connectivity index (χ3v) is 6.09. The third-order valence-electron chi connectivity index (χ3n) is 4.66. The Morgan fingerprint density at radius 1 is 1.00 bits per heavy atom. The van der Waals surface area contributed by atoms with Gasteiger partial charge < -0.3 is 5.32 Å². The van der Waals surface area contributed by atoms with Gasteiger partial charge in [0.25, 0.3) is 17.7 Å². The van der Waals surface area contributed by atoms with Crippen LogP contribution in [0.2, 0.25) is 0 Å². The van der Waals surface area contributed by atoms with E-state index < -0.39 is 21.8 Å². The molecule has 2 aromatic rings. The summed E-state index contributed by atoms with van der Waals surface area (Å²) < 4.78 is 25.7. The molecule has 29 heavy (non-hydrogen) atoms. The van der Waals surface area contributed by atoms with Gasteiger partial charge in [0.05, 0.1) is 16.0 Å². The molecule has 0 radical (unpaired) electrons. The summed E-state index contributed by atoms with van der Waals surface area (Å²) >= 11 is 0. The molecule has 152 valence electrons. The van der Waals surface area contributed by atoms with Crippen molar-refractivity contribution in [3.05, 3.63) is 59.2 Å². The summed E-state index contributed by atoms with van der Waals surface area (Å²) in [6.07, 6.45) is 1.58. The van der Waals surface area contributed by atoms with Gasteiger partial charge in [-0.25, -0.2) is 13.1 Å². The summed E-state index contributed by atoms with van der Waals surface area (Å²) in [4.78, 5) is 38.7. The number of unbranched alkanes of at least 4 members (excludes halogenated alkanes) is 1. The van der Waals surface area contributed by atoms with E-state index in [0.29, 0.717) is 17.8 Å². The lowest BCUT2D eigenvalue weighted by molar-refractivity contribution is 0.0652. The van der Waals surface area contributed by atoms with Crippen LogP contribution >= 0.6 is 0 Å². The van der Waals surface area contributed by atoms with Crippen LogP contribution in [-0.4, -0.2) is 44.6 Å². The second-order valence-corrected chi connectivity index (χ2v) is 8.45. The second kappa shape index (κ2) is 8.14. The average molecular weight is 415 g/mol.